The fourth-order valence-electron chi connectivity index (χ4n) is 2.02. The number of hydrogen-bond acceptors (Lipinski definition) is 3. The first-order valence-electron chi connectivity index (χ1n) is 6.99. The molecule has 0 saturated carbocycles. The van der Waals surface area contributed by atoms with Gasteiger partial charge in [0.25, 0.3) is 0 Å². The lowest BCUT2D eigenvalue weighted by atomic mass is 9.98. The standard InChI is InChI=1S/C16H23NO3/c1-5-14(16(19)20)17-11(4)15(18)13-8-6-12(7-9-13)10(2)3/h6-11,14,17H,5H2,1-4H3,(H,19,20). The van der Waals surface area contributed by atoms with Gasteiger partial charge in [-0.25, -0.2) is 0 Å². The average Bonchev–Trinajstić information content (AvgIpc) is 2.43. The highest BCUT2D eigenvalue weighted by Gasteiger charge is 2.22. The summed E-state index contributed by atoms with van der Waals surface area (Å²) in [6.45, 7) is 7.67. The summed E-state index contributed by atoms with van der Waals surface area (Å²) < 4.78 is 0. The lowest BCUT2D eigenvalue weighted by Gasteiger charge is -2.18. The van der Waals surface area contributed by atoms with Gasteiger partial charge in [0.1, 0.15) is 6.04 Å². The van der Waals surface area contributed by atoms with Gasteiger partial charge in [-0.1, -0.05) is 45.0 Å². The topological polar surface area (TPSA) is 66.4 Å². The Morgan fingerprint density at radius 2 is 1.70 bits per heavy atom. The van der Waals surface area contributed by atoms with Crippen molar-refractivity contribution in [2.75, 3.05) is 0 Å². The van der Waals surface area contributed by atoms with Crippen molar-refractivity contribution in [1.29, 1.82) is 0 Å². The third kappa shape index (κ3) is 4.17. The molecule has 1 rings (SSSR count). The second-order valence-electron chi connectivity index (χ2n) is 5.33. The first-order valence-corrected chi connectivity index (χ1v) is 6.99. The summed E-state index contributed by atoms with van der Waals surface area (Å²) in [6, 6.07) is 6.29. The van der Waals surface area contributed by atoms with Gasteiger partial charge in [0.15, 0.2) is 5.78 Å². The number of carbonyl (C=O) groups is 2. The molecule has 0 heterocycles. The molecule has 0 aliphatic heterocycles. The summed E-state index contributed by atoms with van der Waals surface area (Å²) in [4.78, 5) is 23.2. The van der Waals surface area contributed by atoms with Crippen LogP contribution in [0.5, 0.6) is 0 Å². The van der Waals surface area contributed by atoms with E-state index in [9.17, 15) is 9.59 Å². The van der Waals surface area contributed by atoms with Gasteiger partial charge in [0.2, 0.25) is 0 Å². The van der Waals surface area contributed by atoms with Crippen molar-refractivity contribution in [2.24, 2.45) is 0 Å². The predicted molar refractivity (Wildman–Crippen MR) is 79.2 cm³/mol. The minimum Gasteiger partial charge on any atom is -0.480 e. The Hall–Kier alpha value is -1.68. The highest BCUT2D eigenvalue weighted by Crippen LogP contribution is 2.15. The Balaban J connectivity index is 2.76. The van der Waals surface area contributed by atoms with E-state index in [0.717, 1.165) is 0 Å². The van der Waals surface area contributed by atoms with Crippen molar-refractivity contribution in [1.82, 2.24) is 5.32 Å². The van der Waals surface area contributed by atoms with Gasteiger partial charge in [-0.2, -0.15) is 0 Å². The summed E-state index contributed by atoms with van der Waals surface area (Å²) >= 11 is 0. The molecule has 0 aromatic heterocycles. The van der Waals surface area contributed by atoms with Crippen molar-refractivity contribution in [3.8, 4) is 0 Å². The molecule has 0 spiro atoms. The Kier molecular flexibility index (Phi) is 5.89. The number of rotatable bonds is 7. The van der Waals surface area contributed by atoms with Crippen LogP contribution < -0.4 is 5.32 Å². The number of ketones is 1. The van der Waals surface area contributed by atoms with Crippen molar-refractivity contribution >= 4 is 11.8 Å². The molecular formula is C16H23NO3. The summed E-state index contributed by atoms with van der Waals surface area (Å²) in [5.74, 6) is -0.589. The molecule has 1 aromatic carbocycles. The molecule has 0 aliphatic rings. The number of carboxylic acid groups (broad SMARTS) is 1. The largest absolute Gasteiger partial charge is 0.480 e. The molecule has 0 bridgehead atoms. The van der Waals surface area contributed by atoms with Crippen LogP contribution in [0.4, 0.5) is 0 Å². The zero-order valence-corrected chi connectivity index (χ0v) is 12.5. The SMILES string of the molecule is CCC(NC(C)C(=O)c1ccc(C(C)C)cc1)C(=O)O. The lowest BCUT2D eigenvalue weighted by Crippen LogP contribution is -2.45. The molecule has 2 atom stereocenters. The molecule has 0 fully saturated rings. The molecule has 0 aliphatic carbocycles. The van der Waals surface area contributed by atoms with E-state index in [1.54, 1.807) is 26.0 Å². The molecule has 0 amide bonds. The van der Waals surface area contributed by atoms with Crippen LogP contribution in [0.1, 0.15) is 56.0 Å². The first kappa shape index (κ1) is 16.4. The minimum absolute atomic E-state index is 0.0833. The van der Waals surface area contributed by atoms with E-state index in [1.807, 2.05) is 12.1 Å². The monoisotopic (exact) mass is 277 g/mol. The zero-order valence-electron chi connectivity index (χ0n) is 12.5. The number of carboxylic acids is 1. The fourth-order valence-corrected chi connectivity index (χ4v) is 2.02. The highest BCUT2D eigenvalue weighted by molar-refractivity contribution is 6.00. The molecule has 0 saturated heterocycles. The maximum atomic E-state index is 12.2. The van der Waals surface area contributed by atoms with E-state index in [0.29, 0.717) is 17.9 Å². The maximum absolute atomic E-state index is 12.2. The lowest BCUT2D eigenvalue weighted by molar-refractivity contribution is -0.139. The first-order chi connectivity index (χ1) is 9.36. The summed E-state index contributed by atoms with van der Waals surface area (Å²) in [5, 5.41) is 11.9. The van der Waals surface area contributed by atoms with Gasteiger partial charge < -0.3 is 5.11 Å². The molecular weight excluding hydrogens is 254 g/mol. The van der Waals surface area contributed by atoms with Crippen molar-refractivity contribution in [2.45, 2.75) is 52.1 Å². The Morgan fingerprint density at radius 3 is 2.10 bits per heavy atom. The second kappa shape index (κ2) is 7.20. The van der Waals surface area contributed by atoms with Crippen LogP contribution in [0.25, 0.3) is 0 Å². The van der Waals surface area contributed by atoms with Crippen molar-refractivity contribution < 1.29 is 14.7 Å². The fraction of sp³-hybridized carbons (Fsp3) is 0.500. The third-order valence-electron chi connectivity index (χ3n) is 3.41. The van der Waals surface area contributed by atoms with E-state index in [4.69, 9.17) is 5.11 Å². The second-order valence-corrected chi connectivity index (χ2v) is 5.33. The number of nitrogens with one attached hydrogen (secondary N) is 1. The van der Waals surface area contributed by atoms with Crippen molar-refractivity contribution in [3.63, 3.8) is 0 Å². The van der Waals surface area contributed by atoms with E-state index >= 15 is 0 Å². The number of aliphatic carboxylic acids is 1. The molecule has 4 heteroatoms. The Labute approximate surface area is 120 Å². The van der Waals surface area contributed by atoms with Crippen LogP contribution >= 0.6 is 0 Å². The van der Waals surface area contributed by atoms with Crippen LogP contribution in [-0.4, -0.2) is 28.9 Å². The zero-order chi connectivity index (χ0) is 15.3. The molecule has 2 unspecified atom stereocenters. The van der Waals surface area contributed by atoms with E-state index < -0.39 is 18.1 Å². The van der Waals surface area contributed by atoms with Gasteiger partial charge in [0.05, 0.1) is 6.04 Å². The molecule has 0 radical (unpaired) electrons. The van der Waals surface area contributed by atoms with E-state index in [1.165, 1.54) is 5.56 Å². The van der Waals surface area contributed by atoms with Gasteiger partial charge in [-0.05, 0) is 24.8 Å². The van der Waals surface area contributed by atoms with Crippen LogP contribution in [0.2, 0.25) is 0 Å². The van der Waals surface area contributed by atoms with Gasteiger partial charge >= 0.3 is 5.97 Å². The number of carbonyl (C=O) groups excluding carboxylic acids is 1. The van der Waals surface area contributed by atoms with E-state index in [2.05, 4.69) is 19.2 Å². The maximum Gasteiger partial charge on any atom is 0.320 e. The summed E-state index contributed by atoms with van der Waals surface area (Å²) in [7, 11) is 0. The average molecular weight is 277 g/mol. The minimum atomic E-state index is -0.928. The summed E-state index contributed by atoms with van der Waals surface area (Å²) in [5.41, 5.74) is 1.79. The van der Waals surface area contributed by atoms with Crippen molar-refractivity contribution in [3.05, 3.63) is 35.4 Å². The normalized spacial score (nSPS) is 14.1. The molecule has 4 nitrogen and oxygen atoms in total. The van der Waals surface area contributed by atoms with Crippen LogP contribution in [0.15, 0.2) is 24.3 Å². The summed E-state index contributed by atoms with van der Waals surface area (Å²) in [6.07, 6.45) is 0.444. The Bertz CT molecular complexity index is 465. The van der Waals surface area contributed by atoms with Gasteiger partial charge in [-0.15, -0.1) is 0 Å². The Morgan fingerprint density at radius 1 is 1.15 bits per heavy atom. The molecule has 1 aromatic rings. The smallest absolute Gasteiger partial charge is 0.320 e. The number of Topliss-reactive ketones (excluding diaryl/α,β-unsaturated/α-hetero) is 1. The van der Waals surface area contributed by atoms with Crippen LogP contribution in [-0.2, 0) is 4.79 Å². The third-order valence-corrected chi connectivity index (χ3v) is 3.41. The van der Waals surface area contributed by atoms with E-state index in [-0.39, 0.29) is 5.78 Å². The van der Waals surface area contributed by atoms with Gasteiger partial charge in [-0.3, -0.25) is 14.9 Å². The van der Waals surface area contributed by atoms with Crippen LogP contribution in [0, 0.1) is 0 Å². The van der Waals surface area contributed by atoms with Crippen LogP contribution in [0.3, 0.4) is 0 Å². The molecule has 2 N–H and O–H groups in total. The predicted octanol–water partition coefficient (Wildman–Crippen LogP) is 2.83. The number of benzene rings is 1. The number of hydrogen-bond donors (Lipinski definition) is 2. The molecule has 20 heavy (non-hydrogen) atoms. The van der Waals surface area contributed by atoms with Gasteiger partial charge in [0, 0.05) is 5.56 Å². The molecule has 110 valence electrons. The highest BCUT2D eigenvalue weighted by atomic mass is 16.4. The quantitative estimate of drug-likeness (QED) is 0.752.